The number of hydrogen-bond donors (Lipinski definition) is 0. The van der Waals surface area contributed by atoms with Crippen LogP contribution in [-0.4, -0.2) is 23.2 Å². The van der Waals surface area contributed by atoms with Gasteiger partial charge in [-0.25, -0.2) is 0 Å². The molecule has 0 aliphatic heterocycles. The van der Waals surface area contributed by atoms with Crippen molar-refractivity contribution in [3.05, 3.63) is 0 Å². The molecule has 0 atom stereocenters. The van der Waals surface area contributed by atoms with Crippen LogP contribution in [0.3, 0.4) is 0 Å². The molecule has 14 heavy (non-hydrogen) atoms. The van der Waals surface area contributed by atoms with E-state index in [1.165, 1.54) is 6.92 Å². The summed E-state index contributed by atoms with van der Waals surface area (Å²) in [6.45, 7) is 3.71. The monoisotopic (exact) mass is 218 g/mol. The third-order valence-electron chi connectivity index (χ3n) is 1.35. The molecule has 0 aliphatic carbocycles. The molecule has 0 aliphatic rings. The Labute approximate surface area is 88.5 Å². The largest absolute Gasteiger partial charge is 0.322 e. The van der Waals surface area contributed by atoms with E-state index in [0.29, 0.717) is 6.61 Å². The Bertz CT molecular complexity index is 225. The number of unbranched alkanes of at least 4 members (excludes halogenated alkanes) is 1. The summed E-state index contributed by atoms with van der Waals surface area (Å²) in [5.41, 5.74) is 0. The summed E-state index contributed by atoms with van der Waals surface area (Å²) < 4.78 is 0. The van der Waals surface area contributed by atoms with Gasteiger partial charge in [0.25, 0.3) is 5.05 Å². The van der Waals surface area contributed by atoms with Crippen molar-refractivity contribution in [2.24, 2.45) is 0 Å². The number of hydrogen-bond acceptors (Lipinski definition) is 5. The summed E-state index contributed by atoms with van der Waals surface area (Å²) in [5.74, 6) is -0.751. The lowest BCUT2D eigenvalue weighted by atomic mass is 10.2. The molecule has 0 unspecified atom stereocenters. The maximum Gasteiger partial charge on any atom is 0.272 e. The van der Waals surface area contributed by atoms with Gasteiger partial charge < -0.3 is 4.89 Å². The number of rotatable bonds is 7. The number of carbonyl (C=O) groups excluding carboxylic acids is 2. The summed E-state index contributed by atoms with van der Waals surface area (Å²) in [6.07, 6.45) is 1.58. The smallest absolute Gasteiger partial charge is 0.272 e. The highest BCUT2D eigenvalue weighted by atomic mass is 32.1. The molecule has 0 heterocycles. The van der Waals surface area contributed by atoms with Crippen molar-refractivity contribution in [3.63, 3.8) is 0 Å². The predicted octanol–water partition coefficient (Wildman–Crippen LogP) is 1.61. The molecule has 0 rings (SSSR count). The average Bonchev–Trinajstić information content (AvgIpc) is 2.11. The van der Waals surface area contributed by atoms with Crippen molar-refractivity contribution in [1.29, 1.82) is 0 Å². The van der Waals surface area contributed by atoms with Crippen LogP contribution in [0.15, 0.2) is 0 Å². The van der Waals surface area contributed by atoms with Gasteiger partial charge in [-0.05, 0) is 25.6 Å². The van der Waals surface area contributed by atoms with Crippen LogP contribution in [0, 0.1) is 0 Å². The number of ketones is 2. The van der Waals surface area contributed by atoms with Gasteiger partial charge in [0.2, 0.25) is 5.78 Å². The van der Waals surface area contributed by atoms with Crippen molar-refractivity contribution in [2.45, 2.75) is 33.1 Å². The standard InChI is InChI=1S/C9H14O4S/c1-3-4-5-12-13-9(14)8(11)6-7(2)10/h3-6H2,1-2H3. The van der Waals surface area contributed by atoms with Gasteiger partial charge in [0.15, 0.2) is 0 Å². The molecule has 5 heteroatoms. The lowest BCUT2D eigenvalue weighted by molar-refractivity contribution is -0.220. The van der Waals surface area contributed by atoms with Gasteiger partial charge in [-0.15, -0.1) is 0 Å². The van der Waals surface area contributed by atoms with Crippen LogP contribution in [0.1, 0.15) is 33.1 Å². The van der Waals surface area contributed by atoms with Crippen LogP contribution < -0.4 is 0 Å². The minimum Gasteiger partial charge on any atom is -0.322 e. The number of carbonyl (C=O) groups is 2. The van der Waals surface area contributed by atoms with Gasteiger partial charge in [-0.3, -0.25) is 9.59 Å². The molecule has 0 saturated carbocycles. The van der Waals surface area contributed by atoms with E-state index in [2.05, 4.69) is 22.0 Å². The van der Waals surface area contributed by atoms with E-state index in [0.717, 1.165) is 12.8 Å². The zero-order chi connectivity index (χ0) is 11.0. The van der Waals surface area contributed by atoms with Crippen molar-refractivity contribution >= 4 is 28.8 Å². The van der Waals surface area contributed by atoms with Crippen molar-refractivity contribution in [1.82, 2.24) is 0 Å². The minimum atomic E-state index is -0.510. The van der Waals surface area contributed by atoms with E-state index in [1.54, 1.807) is 0 Å². The lowest BCUT2D eigenvalue weighted by Gasteiger charge is -2.03. The van der Waals surface area contributed by atoms with E-state index < -0.39 is 5.78 Å². The Morgan fingerprint density at radius 3 is 2.50 bits per heavy atom. The molecule has 4 nitrogen and oxygen atoms in total. The van der Waals surface area contributed by atoms with Crippen LogP contribution in [0.25, 0.3) is 0 Å². The average molecular weight is 218 g/mol. The summed E-state index contributed by atoms with van der Waals surface area (Å²) in [7, 11) is 0. The first-order valence-electron chi connectivity index (χ1n) is 4.44. The third-order valence-corrected chi connectivity index (χ3v) is 1.65. The maximum atomic E-state index is 11.1. The molecular formula is C9H14O4S. The van der Waals surface area contributed by atoms with Crippen LogP contribution in [0.4, 0.5) is 0 Å². The fourth-order valence-corrected chi connectivity index (χ4v) is 0.763. The second-order valence-electron chi connectivity index (χ2n) is 2.85. The molecular weight excluding hydrogens is 204 g/mol. The van der Waals surface area contributed by atoms with Gasteiger partial charge in [0.05, 0.1) is 13.0 Å². The molecule has 0 aromatic heterocycles. The first-order chi connectivity index (χ1) is 6.57. The molecule has 0 bridgehead atoms. The zero-order valence-corrected chi connectivity index (χ0v) is 9.19. The highest BCUT2D eigenvalue weighted by Gasteiger charge is 2.13. The fourth-order valence-electron chi connectivity index (χ4n) is 0.643. The highest BCUT2D eigenvalue weighted by Crippen LogP contribution is 1.95. The second kappa shape index (κ2) is 7.58. The number of thiocarbonyl (C=S) groups is 1. The maximum absolute atomic E-state index is 11.1. The second-order valence-corrected chi connectivity index (χ2v) is 3.22. The molecule has 0 amide bonds. The van der Waals surface area contributed by atoms with Crippen LogP contribution in [0.5, 0.6) is 0 Å². The molecule has 0 aromatic rings. The molecule has 0 N–H and O–H groups in total. The Kier molecular flexibility index (Phi) is 7.14. The first-order valence-corrected chi connectivity index (χ1v) is 4.84. The van der Waals surface area contributed by atoms with Gasteiger partial charge in [-0.1, -0.05) is 13.3 Å². The number of Topliss-reactive ketones (excluding diaryl/α,β-unsaturated/α-hetero) is 2. The van der Waals surface area contributed by atoms with Crippen molar-refractivity contribution in [3.8, 4) is 0 Å². The quantitative estimate of drug-likeness (QED) is 0.214. The normalized spacial score (nSPS) is 9.57. The molecule has 0 radical (unpaired) electrons. The minimum absolute atomic E-state index is 0.226. The van der Waals surface area contributed by atoms with Gasteiger partial charge in [0, 0.05) is 0 Å². The molecule has 0 saturated heterocycles. The van der Waals surface area contributed by atoms with Crippen molar-refractivity contribution < 1.29 is 19.4 Å². The van der Waals surface area contributed by atoms with E-state index in [1.807, 2.05) is 6.92 Å². The van der Waals surface area contributed by atoms with Crippen LogP contribution in [0.2, 0.25) is 0 Å². The van der Waals surface area contributed by atoms with E-state index in [4.69, 9.17) is 0 Å². The third kappa shape index (κ3) is 6.68. The summed E-state index contributed by atoms with van der Waals surface area (Å²) in [5, 5.41) is -0.281. The summed E-state index contributed by atoms with van der Waals surface area (Å²) in [6, 6.07) is 0. The molecule has 80 valence electrons. The van der Waals surface area contributed by atoms with Crippen LogP contribution >= 0.6 is 12.2 Å². The van der Waals surface area contributed by atoms with E-state index in [-0.39, 0.29) is 17.3 Å². The topological polar surface area (TPSA) is 52.6 Å². The van der Waals surface area contributed by atoms with Gasteiger partial charge in [-0.2, -0.15) is 4.89 Å². The molecule has 0 spiro atoms. The van der Waals surface area contributed by atoms with Crippen LogP contribution in [-0.2, 0) is 19.4 Å². The van der Waals surface area contributed by atoms with Crippen molar-refractivity contribution in [2.75, 3.05) is 6.61 Å². The zero-order valence-electron chi connectivity index (χ0n) is 8.37. The Morgan fingerprint density at radius 2 is 2.00 bits per heavy atom. The van der Waals surface area contributed by atoms with E-state index in [9.17, 15) is 9.59 Å². The first kappa shape index (κ1) is 13.2. The van der Waals surface area contributed by atoms with E-state index >= 15 is 0 Å². The lowest BCUT2D eigenvalue weighted by Crippen LogP contribution is -2.18. The summed E-state index contributed by atoms with van der Waals surface area (Å²) in [4.78, 5) is 30.8. The Balaban J connectivity index is 3.63. The summed E-state index contributed by atoms with van der Waals surface area (Å²) >= 11 is 4.60. The molecule has 0 fully saturated rings. The fraction of sp³-hybridized carbons (Fsp3) is 0.667. The Hall–Kier alpha value is -0.810. The van der Waals surface area contributed by atoms with Gasteiger partial charge in [0.1, 0.15) is 5.78 Å². The Morgan fingerprint density at radius 1 is 1.36 bits per heavy atom. The predicted molar refractivity (Wildman–Crippen MR) is 54.8 cm³/mol. The SMILES string of the molecule is CCCCOOC(=S)C(=O)CC(C)=O. The highest BCUT2D eigenvalue weighted by molar-refractivity contribution is 7.81. The molecule has 0 aromatic carbocycles. The van der Waals surface area contributed by atoms with Gasteiger partial charge >= 0.3 is 0 Å².